The molecule has 1 aliphatic rings. The summed E-state index contributed by atoms with van der Waals surface area (Å²) < 4.78 is 6.74. The second kappa shape index (κ2) is 8.71. The van der Waals surface area contributed by atoms with Crippen molar-refractivity contribution in [3.05, 3.63) is 94.5 Å². The smallest absolute Gasteiger partial charge is 0.264 e. The van der Waals surface area contributed by atoms with Crippen molar-refractivity contribution in [3.8, 4) is 5.75 Å². The van der Waals surface area contributed by atoms with Gasteiger partial charge in [-0.05, 0) is 42.8 Å². The van der Waals surface area contributed by atoms with Gasteiger partial charge in [0.1, 0.15) is 12.3 Å². The molecule has 3 aromatic carbocycles. The summed E-state index contributed by atoms with van der Waals surface area (Å²) in [5, 5.41) is 2.93. The van der Waals surface area contributed by atoms with E-state index in [1.165, 1.54) is 0 Å². The number of fused-ring (bicyclic) bond motifs is 1. The highest BCUT2D eigenvalue weighted by atomic mass is 79.9. The summed E-state index contributed by atoms with van der Waals surface area (Å²) in [5.41, 5.74) is 2.47. The topological polar surface area (TPSA) is 58.6 Å². The van der Waals surface area contributed by atoms with Crippen molar-refractivity contribution in [1.82, 2.24) is 4.90 Å². The summed E-state index contributed by atoms with van der Waals surface area (Å²) in [6.45, 7) is 1.65. The summed E-state index contributed by atoms with van der Waals surface area (Å²) in [6, 6.07) is 24.2. The van der Waals surface area contributed by atoms with Crippen LogP contribution >= 0.6 is 15.9 Å². The van der Waals surface area contributed by atoms with Crippen LogP contribution in [0.25, 0.3) is 0 Å². The first-order valence-electron chi connectivity index (χ1n) is 9.69. The highest BCUT2D eigenvalue weighted by Gasteiger charge is 2.36. The number of nitrogens with one attached hydrogen (secondary N) is 1. The highest BCUT2D eigenvalue weighted by Crippen LogP contribution is 2.37. The van der Waals surface area contributed by atoms with Crippen molar-refractivity contribution in [2.45, 2.75) is 19.1 Å². The van der Waals surface area contributed by atoms with Gasteiger partial charge in [0.25, 0.3) is 5.91 Å². The molecule has 1 aliphatic heterocycles. The molecule has 0 aliphatic carbocycles. The van der Waals surface area contributed by atoms with Crippen LogP contribution in [0.5, 0.6) is 5.75 Å². The average Bonchev–Trinajstić information content (AvgIpc) is 2.90. The van der Waals surface area contributed by atoms with E-state index < -0.39 is 12.1 Å². The van der Waals surface area contributed by atoms with E-state index in [4.69, 9.17) is 4.74 Å². The Balaban J connectivity index is 1.75. The number of carbonyl (C=O) groups excluding carboxylic acids is 2. The number of carbonyl (C=O) groups is 2. The zero-order valence-electron chi connectivity index (χ0n) is 16.4. The van der Waals surface area contributed by atoms with Gasteiger partial charge in [0.15, 0.2) is 6.10 Å². The van der Waals surface area contributed by atoms with E-state index in [9.17, 15) is 9.59 Å². The fourth-order valence-corrected chi connectivity index (χ4v) is 4.04. The van der Waals surface area contributed by atoms with Crippen molar-refractivity contribution in [2.24, 2.45) is 0 Å². The van der Waals surface area contributed by atoms with Gasteiger partial charge >= 0.3 is 0 Å². The van der Waals surface area contributed by atoms with Gasteiger partial charge in [-0.3, -0.25) is 9.59 Å². The molecule has 0 bridgehead atoms. The minimum Gasteiger partial charge on any atom is -0.481 e. The molecular weight excluding hydrogens is 444 g/mol. The van der Waals surface area contributed by atoms with Crippen LogP contribution in [0.3, 0.4) is 0 Å². The molecule has 6 heteroatoms. The summed E-state index contributed by atoms with van der Waals surface area (Å²) in [5.74, 6) is 0.116. The molecule has 0 saturated carbocycles. The van der Waals surface area contributed by atoms with Gasteiger partial charge in [0, 0.05) is 15.7 Å². The van der Waals surface area contributed by atoms with Gasteiger partial charge in [0.2, 0.25) is 5.91 Å². The molecule has 0 spiro atoms. The van der Waals surface area contributed by atoms with Crippen LogP contribution in [0.1, 0.15) is 24.1 Å². The predicted molar refractivity (Wildman–Crippen MR) is 119 cm³/mol. The van der Waals surface area contributed by atoms with Gasteiger partial charge in [-0.15, -0.1) is 0 Å². The largest absolute Gasteiger partial charge is 0.481 e. The van der Waals surface area contributed by atoms with Gasteiger partial charge in [0.05, 0.1) is 6.04 Å². The van der Waals surface area contributed by atoms with Crippen LogP contribution in [0.15, 0.2) is 83.3 Å². The first-order valence-corrected chi connectivity index (χ1v) is 10.5. The van der Waals surface area contributed by atoms with E-state index in [2.05, 4.69) is 21.2 Å². The van der Waals surface area contributed by atoms with Crippen LogP contribution in [-0.4, -0.2) is 29.4 Å². The lowest BCUT2D eigenvalue weighted by Gasteiger charge is -2.32. The van der Waals surface area contributed by atoms with Gasteiger partial charge in [-0.2, -0.15) is 0 Å². The fraction of sp³-hybridized carbons (Fsp3) is 0.167. The fourth-order valence-electron chi connectivity index (χ4n) is 3.66. The van der Waals surface area contributed by atoms with E-state index >= 15 is 0 Å². The number of anilines is 1. The van der Waals surface area contributed by atoms with Crippen molar-refractivity contribution >= 4 is 33.4 Å². The zero-order valence-corrected chi connectivity index (χ0v) is 18.0. The second-order valence-corrected chi connectivity index (χ2v) is 8.05. The molecule has 1 heterocycles. The molecular formula is C24H21BrN2O3. The van der Waals surface area contributed by atoms with Gasteiger partial charge in [-0.1, -0.05) is 64.5 Å². The molecule has 152 valence electrons. The third kappa shape index (κ3) is 4.24. The monoisotopic (exact) mass is 464 g/mol. The zero-order chi connectivity index (χ0) is 21.1. The van der Waals surface area contributed by atoms with Gasteiger partial charge < -0.3 is 15.0 Å². The number of rotatable bonds is 4. The molecule has 0 fully saturated rings. The molecule has 2 amide bonds. The van der Waals surface area contributed by atoms with Crippen LogP contribution in [-0.2, 0) is 9.59 Å². The molecule has 4 rings (SSSR count). The normalized spacial score (nSPS) is 16.8. The van der Waals surface area contributed by atoms with E-state index in [1.54, 1.807) is 24.0 Å². The first kappa shape index (κ1) is 20.2. The van der Waals surface area contributed by atoms with Crippen molar-refractivity contribution in [3.63, 3.8) is 0 Å². The number of ether oxygens (including phenoxy) is 1. The lowest BCUT2D eigenvalue weighted by molar-refractivity contribution is -0.142. The SMILES string of the molecule is C[C@H](Oc1ccccc1)C(=O)N1CC(=O)Nc2ccc(Br)cc2[C@H]1c1ccccc1. The Labute approximate surface area is 183 Å². The Hall–Kier alpha value is -3.12. The van der Waals surface area contributed by atoms with Crippen molar-refractivity contribution in [1.29, 1.82) is 0 Å². The van der Waals surface area contributed by atoms with E-state index in [-0.39, 0.29) is 18.4 Å². The Kier molecular flexibility index (Phi) is 5.86. The summed E-state index contributed by atoms with van der Waals surface area (Å²) in [6.07, 6.45) is -0.750. The third-order valence-corrected chi connectivity index (χ3v) is 5.50. The van der Waals surface area contributed by atoms with Crippen molar-refractivity contribution in [2.75, 3.05) is 11.9 Å². The van der Waals surface area contributed by atoms with Crippen LogP contribution in [0.4, 0.5) is 5.69 Å². The lowest BCUT2D eigenvalue weighted by atomic mass is 9.95. The third-order valence-electron chi connectivity index (χ3n) is 5.01. The predicted octanol–water partition coefficient (Wildman–Crippen LogP) is 4.79. The molecule has 0 saturated heterocycles. The van der Waals surface area contributed by atoms with E-state index in [0.29, 0.717) is 11.4 Å². The molecule has 5 nitrogen and oxygen atoms in total. The standard InChI is InChI=1S/C24H21BrN2O3/c1-16(30-19-10-6-3-7-11-19)24(29)27-15-22(28)26-21-13-12-18(25)14-20(21)23(27)17-8-4-2-5-9-17/h2-14,16,23H,15H2,1H3,(H,26,28)/t16-,23+/m0/s1. The number of para-hydroxylation sites is 1. The minimum atomic E-state index is -0.750. The molecule has 1 N–H and O–H groups in total. The molecule has 3 aromatic rings. The summed E-state index contributed by atoms with van der Waals surface area (Å²) in [7, 11) is 0. The Bertz CT molecular complexity index is 1060. The summed E-state index contributed by atoms with van der Waals surface area (Å²) in [4.78, 5) is 27.7. The van der Waals surface area contributed by atoms with E-state index in [0.717, 1.165) is 15.6 Å². The molecule has 0 radical (unpaired) electrons. The first-order chi connectivity index (χ1) is 14.5. The number of halogens is 1. The maximum absolute atomic E-state index is 13.5. The highest BCUT2D eigenvalue weighted by molar-refractivity contribution is 9.10. The number of hydrogen-bond acceptors (Lipinski definition) is 3. The number of amides is 2. The summed E-state index contributed by atoms with van der Waals surface area (Å²) >= 11 is 3.52. The average molecular weight is 465 g/mol. The Morgan fingerprint density at radius 2 is 1.73 bits per heavy atom. The molecule has 2 atom stereocenters. The number of nitrogens with zero attached hydrogens (tertiary/aromatic N) is 1. The van der Waals surface area contributed by atoms with Crippen LogP contribution < -0.4 is 10.1 Å². The molecule has 30 heavy (non-hydrogen) atoms. The van der Waals surface area contributed by atoms with Crippen LogP contribution in [0.2, 0.25) is 0 Å². The lowest BCUT2D eigenvalue weighted by Crippen LogP contribution is -2.45. The van der Waals surface area contributed by atoms with Crippen LogP contribution in [0, 0.1) is 0 Å². The quantitative estimate of drug-likeness (QED) is 0.603. The Morgan fingerprint density at radius 3 is 2.43 bits per heavy atom. The van der Waals surface area contributed by atoms with Crippen molar-refractivity contribution < 1.29 is 14.3 Å². The minimum absolute atomic E-state index is 0.0623. The number of benzene rings is 3. The second-order valence-electron chi connectivity index (χ2n) is 7.13. The maximum Gasteiger partial charge on any atom is 0.264 e. The maximum atomic E-state index is 13.5. The van der Waals surface area contributed by atoms with Gasteiger partial charge in [-0.25, -0.2) is 0 Å². The molecule has 0 unspecified atom stereocenters. The molecule has 0 aromatic heterocycles. The van der Waals surface area contributed by atoms with E-state index in [1.807, 2.05) is 66.7 Å². The number of hydrogen-bond donors (Lipinski definition) is 1. The Morgan fingerprint density at radius 1 is 1.07 bits per heavy atom.